The molecule has 0 rings (SSSR count). The number of unbranched alkanes of at least 4 members (excludes halogenated alkanes) is 26. The molecule has 4 N–H and O–H groups in total. The summed E-state index contributed by atoms with van der Waals surface area (Å²) in [5.74, 6) is -1.08. The SMILES string of the molecule is CC(=O)[O-].CCCCCCCCCCCCCCCCN.CCCCCCCCCCCCCCCCN.[Ag+]. The zero-order chi connectivity index (χ0) is 28.8. The molecule has 0 aromatic heterocycles. The maximum absolute atomic E-state index is 8.89. The second-order valence-electron chi connectivity index (χ2n) is 11.3. The minimum absolute atomic E-state index is 0. The van der Waals surface area contributed by atoms with E-state index in [1.54, 1.807) is 0 Å². The fourth-order valence-electron chi connectivity index (χ4n) is 4.68. The summed E-state index contributed by atoms with van der Waals surface area (Å²) in [6.45, 7) is 7.29. The van der Waals surface area contributed by atoms with Gasteiger partial charge in [-0.2, -0.15) is 0 Å². The molecule has 0 aromatic carbocycles. The number of carbonyl (C=O) groups is 1. The summed E-state index contributed by atoms with van der Waals surface area (Å²) in [6.07, 6.45) is 39.7. The van der Waals surface area contributed by atoms with Crippen LogP contribution in [0.5, 0.6) is 0 Å². The fraction of sp³-hybridized carbons (Fsp3) is 0.971. The van der Waals surface area contributed by atoms with Crippen LogP contribution in [0.1, 0.15) is 201 Å². The van der Waals surface area contributed by atoms with Crippen molar-refractivity contribution in [3.05, 3.63) is 0 Å². The zero-order valence-electron chi connectivity index (χ0n) is 27.0. The van der Waals surface area contributed by atoms with E-state index in [-0.39, 0.29) is 22.4 Å². The molecule has 0 aliphatic rings. The van der Waals surface area contributed by atoms with Gasteiger partial charge < -0.3 is 21.4 Å². The Morgan fingerprint density at radius 2 is 0.538 bits per heavy atom. The van der Waals surface area contributed by atoms with E-state index in [1.807, 2.05) is 0 Å². The number of hydrogen-bond donors (Lipinski definition) is 2. The molecule has 0 fully saturated rings. The van der Waals surface area contributed by atoms with E-state index < -0.39 is 5.97 Å². The quantitative estimate of drug-likeness (QED) is 0.0652. The van der Waals surface area contributed by atoms with Crippen LogP contribution in [0.2, 0.25) is 0 Å². The predicted octanol–water partition coefficient (Wildman–Crippen LogP) is 9.61. The Kier molecular flexibility index (Phi) is 56.6. The smallest absolute Gasteiger partial charge is 0.550 e. The Morgan fingerprint density at radius 3 is 0.667 bits per heavy atom. The fourth-order valence-corrected chi connectivity index (χ4v) is 4.68. The third-order valence-electron chi connectivity index (χ3n) is 7.12. The molecule has 0 heterocycles. The Labute approximate surface area is 262 Å². The van der Waals surface area contributed by atoms with Crippen LogP contribution in [0, 0.1) is 0 Å². The number of hydrogen-bond acceptors (Lipinski definition) is 4. The van der Waals surface area contributed by atoms with Gasteiger partial charge in [0, 0.05) is 5.97 Å². The van der Waals surface area contributed by atoms with Gasteiger partial charge in [-0.05, 0) is 32.9 Å². The molecule has 0 saturated heterocycles. The van der Waals surface area contributed by atoms with Gasteiger partial charge in [0.1, 0.15) is 0 Å². The summed E-state index contributed by atoms with van der Waals surface area (Å²) in [7, 11) is 0. The maximum Gasteiger partial charge on any atom is 1.00 e. The van der Waals surface area contributed by atoms with Gasteiger partial charge in [-0.15, -0.1) is 0 Å². The Hall–Kier alpha value is 0.130. The van der Waals surface area contributed by atoms with Crippen molar-refractivity contribution < 1.29 is 32.3 Å². The van der Waals surface area contributed by atoms with Crippen LogP contribution in [0.15, 0.2) is 0 Å². The molecule has 242 valence electrons. The van der Waals surface area contributed by atoms with Gasteiger partial charge in [0.25, 0.3) is 0 Å². The summed E-state index contributed by atoms with van der Waals surface area (Å²) in [5.41, 5.74) is 10.9. The number of carboxylic acid groups (broad SMARTS) is 1. The average Bonchev–Trinajstić information content (AvgIpc) is 2.89. The average molecular weight is 650 g/mol. The van der Waals surface area contributed by atoms with E-state index >= 15 is 0 Å². The Balaban J connectivity index is -0.000000270. The van der Waals surface area contributed by atoms with Gasteiger partial charge in [0.05, 0.1) is 0 Å². The number of carbonyl (C=O) groups excluding carboxylic acids is 1. The van der Waals surface area contributed by atoms with E-state index in [4.69, 9.17) is 21.4 Å². The third kappa shape index (κ3) is 62.9. The van der Waals surface area contributed by atoms with Crippen LogP contribution in [0.25, 0.3) is 0 Å². The van der Waals surface area contributed by atoms with E-state index in [0.29, 0.717) is 0 Å². The molecular formula is C34H73AgN2O2. The standard InChI is InChI=1S/2C16H35N.C2H4O2.Ag/c2*1-2-3-4-5-6-7-8-9-10-11-12-13-14-15-16-17;1-2(3)4;/h2*2-17H2,1H3;1H3,(H,3,4);/q;;;+1/p-1. The van der Waals surface area contributed by atoms with E-state index in [2.05, 4.69) is 13.8 Å². The first-order valence-corrected chi connectivity index (χ1v) is 17.1. The summed E-state index contributed by atoms with van der Waals surface area (Å²) < 4.78 is 0. The van der Waals surface area contributed by atoms with Gasteiger partial charge >= 0.3 is 22.4 Å². The van der Waals surface area contributed by atoms with E-state index in [1.165, 1.54) is 180 Å². The van der Waals surface area contributed by atoms with Crippen molar-refractivity contribution in [3.8, 4) is 0 Å². The third-order valence-corrected chi connectivity index (χ3v) is 7.12. The van der Waals surface area contributed by atoms with Crippen LogP contribution in [0.3, 0.4) is 0 Å². The molecule has 0 aliphatic carbocycles. The van der Waals surface area contributed by atoms with Crippen LogP contribution >= 0.6 is 0 Å². The number of carboxylic acids is 1. The van der Waals surface area contributed by atoms with Crippen molar-refractivity contribution in [2.45, 2.75) is 201 Å². The first-order chi connectivity index (χ1) is 18.6. The second kappa shape index (κ2) is 47.9. The first kappa shape index (κ1) is 46.1. The minimum Gasteiger partial charge on any atom is -0.550 e. The second-order valence-corrected chi connectivity index (χ2v) is 11.3. The van der Waals surface area contributed by atoms with Crippen molar-refractivity contribution >= 4 is 5.97 Å². The van der Waals surface area contributed by atoms with Crippen LogP contribution in [0.4, 0.5) is 0 Å². The summed E-state index contributed by atoms with van der Waals surface area (Å²) in [5, 5.41) is 8.89. The Morgan fingerprint density at radius 1 is 0.410 bits per heavy atom. The predicted molar refractivity (Wildman–Crippen MR) is 169 cm³/mol. The number of nitrogens with two attached hydrogens (primary N) is 2. The molecule has 4 nitrogen and oxygen atoms in total. The van der Waals surface area contributed by atoms with Crippen molar-refractivity contribution in [1.29, 1.82) is 0 Å². The Bertz CT molecular complexity index is 335. The van der Waals surface area contributed by atoms with Gasteiger partial charge in [0.2, 0.25) is 0 Å². The summed E-state index contributed by atoms with van der Waals surface area (Å²) >= 11 is 0. The van der Waals surface area contributed by atoms with Gasteiger partial charge in [-0.25, -0.2) is 0 Å². The van der Waals surface area contributed by atoms with Gasteiger partial charge in [-0.1, -0.05) is 181 Å². The summed E-state index contributed by atoms with van der Waals surface area (Å²) in [4.78, 5) is 8.89. The largest absolute Gasteiger partial charge is 1.00 e. The molecule has 0 radical (unpaired) electrons. The molecule has 0 spiro atoms. The minimum atomic E-state index is -1.08. The zero-order valence-corrected chi connectivity index (χ0v) is 28.5. The van der Waals surface area contributed by atoms with Gasteiger partial charge in [0.15, 0.2) is 0 Å². The molecule has 0 aromatic rings. The molecule has 0 aliphatic heterocycles. The number of rotatable bonds is 28. The van der Waals surface area contributed by atoms with Crippen LogP contribution < -0.4 is 16.6 Å². The molecule has 39 heavy (non-hydrogen) atoms. The van der Waals surface area contributed by atoms with E-state index in [9.17, 15) is 0 Å². The normalized spacial score (nSPS) is 10.2. The van der Waals surface area contributed by atoms with Crippen molar-refractivity contribution in [3.63, 3.8) is 0 Å². The maximum atomic E-state index is 8.89. The number of aliphatic carboxylic acids is 1. The topological polar surface area (TPSA) is 92.2 Å². The van der Waals surface area contributed by atoms with Crippen LogP contribution in [-0.4, -0.2) is 19.1 Å². The van der Waals surface area contributed by atoms with Crippen molar-refractivity contribution in [2.75, 3.05) is 13.1 Å². The molecule has 0 saturated carbocycles. The van der Waals surface area contributed by atoms with Crippen LogP contribution in [-0.2, 0) is 27.2 Å². The molecular weight excluding hydrogens is 576 g/mol. The van der Waals surface area contributed by atoms with Gasteiger partial charge in [-0.3, -0.25) is 0 Å². The first-order valence-electron chi connectivity index (χ1n) is 17.1. The molecule has 5 heteroatoms. The van der Waals surface area contributed by atoms with E-state index in [0.717, 1.165) is 20.0 Å². The molecule has 0 unspecified atom stereocenters. The molecule has 0 atom stereocenters. The van der Waals surface area contributed by atoms with Crippen molar-refractivity contribution in [2.24, 2.45) is 11.5 Å². The summed E-state index contributed by atoms with van der Waals surface area (Å²) in [6, 6.07) is 0. The molecule has 0 amide bonds. The molecule has 0 bridgehead atoms. The monoisotopic (exact) mass is 648 g/mol. The van der Waals surface area contributed by atoms with Crippen molar-refractivity contribution in [1.82, 2.24) is 0 Å².